The topological polar surface area (TPSA) is 78.9 Å². The molecule has 0 aromatic rings. The van der Waals surface area contributed by atoms with Crippen LogP contribution in [-0.2, 0) is 28.6 Å². The van der Waals surface area contributed by atoms with Crippen LogP contribution >= 0.6 is 0 Å². The second-order valence-corrected chi connectivity index (χ2v) is 20.5. The quantitative estimate of drug-likeness (QED) is 0.0261. The zero-order chi connectivity index (χ0) is 57.1. The van der Waals surface area contributed by atoms with Gasteiger partial charge >= 0.3 is 17.9 Å². The fourth-order valence-electron chi connectivity index (χ4n) is 8.28. The van der Waals surface area contributed by atoms with Crippen molar-refractivity contribution in [2.24, 2.45) is 0 Å². The minimum atomic E-state index is -0.819. The molecule has 444 valence electrons. The van der Waals surface area contributed by atoms with Gasteiger partial charge in [-0.1, -0.05) is 262 Å². The number of unbranched alkanes of at least 4 members (excludes halogenated alkanes) is 19. The van der Waals surface area contributed by atoms with Gasteiger partial charge < -0.3 is 14.2 Å². The molecule has 0 spiro atoms. The number of hydrogen-bond acceptors (Lipinski definition) is 6. The molecule has 6 nitrogen and oxygen atoms in total. The van der Waals surface area contributed by atoms with Gasteiger partial charge in [0.05, 0.1) is 0 Å². The Labute approximate surface area is 486 Å². The van der Waals surface area contributed by atoms with Gasteiger partial charge in [-0.2, -0.15) is 0 Å². The van der Waals surface area contributed by atoms with Crippen molar-refractivity contribution in [3.05, 3.63) is 158 Å². The van der Waals surface area contributed by atoms with E-state index in [1.807, 2.05) is 0 Å². The summed E-state index contributed by atoms with van der Waals surface area (Å²) < 4.78 is 16.9. The van der Waals surface area contributed by atoms with E-state index in [9.17, 15) is 14.4 Å². The van der Waals surface area contributed by atoms with Crippen LogP contribution < -0.4 is 0 Å². The third-order valence-corrected chi connectivity index (χ3v) is 13.0. The lowest BCUT2D eigenvalue weighted by Crippen LogP contribution is -2.30. The number of carbonyl (C=O) groups is 3. The summed E-state index contributed by atoms with van der Waals surface area (Å²) in [4.78, 5) is 38.4. The zero-order valence-corrected chi connectivity index (χ0v) is 50.8. The van der Waals surface area contributed by atoms with Crippen molar-refractivity contribution < 1.29 is 28.6 Å². The van der Waals surface area contributed by atoms with Crippen molar-refractivity contribution in [2.75, 3.05) is 13.2 Å². The second kappa shape index (κ2) is 65.5. The van der Waals surface area contributed by atoms with Gasteiger partial charge in [-0.25, -0.2) is 0 Å². The van der Waals surface area contributed by atoms with Crippen LogP contribution in [0, 0.1) is 0 Å². The fraction of sp³-hybridized carbons (Fsp3) is 0.603. The molecule has 0 aliphatic rings. The minimum absolute atomic E-state index is 0.110. The van der Waals surface area contributed by atoms with Gasteiger partial charge in [0, 0.05) is 19.3 Å². The van der Waals surface area contributed by atoms with Crippen LogP contribution in [0.3, 0.4) is 0 Å². The maximum absolute atomic E-state index is 12.9. The van der Waals surface area contributed by atoms with Gasteiger partial charge in [0.25, 0.3) is 0 Å². The highest BCUT2D eigenvalue weighted by atomic mass is 16.6. The fourth-order valence-corrected chi connectivity index (χ4v) is 8.28. The summed E-state index contributed by atoms with van der Waals surface area (Å²) in [5, 5.41) is 0. The lowest BCUT2D eigenvalue weighted by Gasteiger charge is -2.18. The molecular formula is C73H116O6. The van der Waals surface area contributed by atoms with Crippen LogP contribution in [0.25, 0.3) is 0 Å². The molecule has 0 rings (SSSR count). The molecule has 0 aromatic heterocycles. The molecule has 0 bridgehead atoms. The van der Waals surface area contributed by atoms with Gasteiger partial charge in [-0.15, -0.1) is 0 Å². The van der Waals surface area contributed by atoms with Gasteiger partial charge in [-0.3, -0.25) is 14.4 Å². The average molecular weight is 1090 g/mol. The molecule has 0 amide bonds. The summed E-state index contributed by atoms with van der Waals surface area (Å²) in [5.74, 6) is -0.989. The van der Waals surface area contributed by atoms with Gasteiger partial charge in [0.15, 0.2) is 6.10 Å². The number of hydrogen-bond donors (Lipinski definition) is 0. The first-order chi connectivity index (χ1) is 39.0. The van der Waals surface area contributed by atoms with Gasteiger partial charge in [0.1, 0.15) is 13.2 Å². The second-order valence-electron chi connectivity index (χ2n) is 20.5. The van der Waals surface area contributed by atoms with Crippen LogP contribution in [0.2, 0.25) is 0 Å². The summed E-state index contributed by atoms with van der Waals surface area (Å²) in [6, 6.07) is 0. The van der Waals surface area contributed by atoms with Gasteiger partial charge in [-0.05, 0) is 141 Å². The molecule has 0 fully saturated rings. The van der Waals surface area contributed by atoms with Crippen LogP contribution in [0.4, 0.5) is 0 Å². The lowest BCUT2D eigenvalue weighted by molar-refractivity contribution is -0.167. The molecule has 0 aromatic carbocycles. The predicted octanol–water partition coefficient (Wildman–Crippen LogP) is 22.1. The van der Waals surface area contributed by atoms with Gasteiger partial charge in [0.2, 0.25) is 0 Å². The first-order valence-corrected chi connectivity index (χ1v) is 32.0. The summed E-state index contributed by atoms with van der Waals surface area (Å²) in [5.41, 5.74) is 0. The molecule has 0 aliphatic heterocycles. The molecule has 0 radical (unpaired) electrons. The van der Waals surface area contributed by atoms with Crippen LogP contribution in [0.15, 0.2) is 158 Å². The van der Waals surface area contributed by atoms with Crippen molar-refractivity contribution >= 4 is 17.9 Å². The first kappa shape index (κ1) is 74.0. The van der Waals surface area contributed by atoms with E-state index in [1.54, 1.807) is 0 Å². The molecule has 0 N–H and O–H groups in total. The molecule has 79 heavy (non-hydrogen) atoms. The highest BCUT2D eigenvalue weighted by Gasteiger charge is 2.19. The third-order valence-electron chi connectivity index (χ3n) is 13.0. The molecular weight excluding hydrogens is 973 g/mol. The van der Waals surface area contributed by atoms with E-state index in [0.717, 1.165) is 135 Å². The largest absolute Gasteiger partial charge is 0.462 e. The third kappa shape index (κ3) is 63.7. The van der Waals surface area contributed by atoms with Crippen LogP contribution in [0.5, 0.6) is 0 Å². The predicted molar refractivity (Wildman–Crippen MR) is 343 cm³/mol. The summed E-state index contributed by atoms with van der Waals surface area (Å²) >= 11 is 0. The molecule has 6 heteroatoms. The molecule has 0 saturated carbocycles. The molecule has 0 heterocycles. The van der Waals surface area contributed by atoms with Crippen molar-refractivity contribution in [2.45, 2.75) is 271 Å². The first-order valence-electron chi connectivity index (χ1n) is 32.0. The summed E-state index contributed by atoms with van der Waals surface area (Å²) in [6.45, 7) is 6.33. The summed E-state index contributed by atoms with van der Waals surface area (Å²) in [7, 11) is 0. The molecule has 1 unspecified atom stereocenters. The Bertz CT molecular complexity index is 1780. The average Bonchev–Trinajstić information content (AvgIpc) is 3.45. The Hall–Kier alpha value is -4.97. The van der Waals surface area contributed by atoms with E-state index in [-0.39, 0.29) is 37.5 Å². The maximum Gasteiger partial charge on any atom is 0.306 e. The van der Waals surface area contributed by atoms with E-state index in [4.69, 9.17) is 14.2 Å². The molecule has 0 saturated heterocycles. The maximum atomic E-state index is 12.9. The Morgan fingerprint density at radius 2 is 0.506 bits per heavy atom. The number of ether oxygens (including phenoxy) is 3. The smallest absolute Gasteiger partial charge is 0.306 e. The summed E-state index contributed by atoms with van der Waals surface area (Å²) in [6.07, 6.45) is 95.3. The van der Waals surface area contributed by atoms with Crippen molar-refractivity contribution in [1.29, 1.82) is 0 Å². The lowest BCUT2D eigenvalue weighted by atomic mass is 10.1. The molecule has 0 aliphatic carbocycles. The van der Waals surface area contributed by atoms with E-state index in [1.165, 1.54) is 83.5 Å². The Morgan fingerprint density at radius 1 is 0.266 bits per heavy atom. The van der Waals surface area contributed by atoms with E-state index < -0.39 is 6.10 Å². The van der Waals surface area contributed by atoms with Crippen molar-refractivity contribution in [1.82, 2.24) is 0 Å². The number of rotatable bonds is 56. The Morgan fingerprint density at radius 3 is 0.823 bits per heavy atom. The highest BCUT2D eigenvalue weighted by Crippen LogP contribution is 2.14. The van der Waals surface area contributed by atoms with Crippen LogP contribution in [-0.4, -0.2) is 37.2 Å². The Balaban J connectivity index is 4.54. The number of carbonyl (C=O) groups excluding carboxylic acids is 3. The van der Waals surface area contributed by atoms with Crippen molar-refractivity contribution in [3.8, 4) is 0 Å². The minimum Gasteiger partial charge on any atom is -0.462 e. The standard InChI is InChI=1S/C73H116O6/c1-4-7-10-13-16-19-22-25-28-31-33-35-36-38-39-42-45-48-51-54-57-60-63-66-72(75)78-69-70(68-77-71(74)65-62-59-56-53-50-47-44-41-30-27-24-21-18-15-12-9-6-3)79-73(76)67-64-61-58-55-52-49-46-43-40-37-34-32-29-26-23-20-17-14-11-8-5-2/h7-8,10-11,16-21,25-30,33-35,37-39,45,48,54,57,70H,4-6,9,12-15,22-24,31-32,36,40-44,46-47,49-53,55-56,58-69H2,1-3H3/b10-7-,11-8-,19-16-,20-17-,21-18-,28-25-,29-26-,30-27-,35-33-,37-34-,39-38-,48-45-,57-54-. The number of esters is 3. The van der Waals surface area contributed by atoms with E-state index in [2.05, 4.69) is 179 Å². The normalized spacial score (nSPS) is 13.2. The SMILES string of the molecule is CC/C=C\C/C=C\C/C=C\C/C=C\C/C=C\C/C=C\C/C=C\CCCC(=O)OCC(COC(=O)CCCCCCCCC/C=C\C/C=C\CCCCC)OC(=O)CCCCCCCCCC/C=C\C/C=C\C/C=C\C/C=C\CC. The monoisotopic (exact) mass is 1090 g/mol. The van der Waals surface area contributed by atoms with E-state index in [0.29, 0.717) is 19.3 Å². The van der Waals surface area contributed by atoms with E-state index >= 15 is 0 Å². The Kier molecular flexibility index (Phi) is 61.4. The number of allylic oxidation sites excluding steroid dienone is 26. The zero-order valence-electron chi connectivity index (χ0n) is 50.8. The van der Waals surface area contributed by atoms with Crippen LogP contribution in [0.1, 0.15) is 265 Å². The van der Waals surface area contributed by atoms with Crippen molar-refractivity contribution in [3.63, 3.8) is 0 Å². The molecule has 1 atom stereocenters. The highest BCUT2D eigenvalue weighted by molar-refractivity contribution is 5.71.